The number of nitrogens with zero attached hydrogens (tertiary/aromatic N) is 5. The average molecular weight is 370 g/mol. The molecule has 1 atom stereocenters. The second kappa shape index (κ2) is 9.16. The van der Waals surface area contributed by atoms with Crippen LogP contribution in [0.3, 0.4) is 0 Å². The lowest BCUT2D eigenvalue weighted by Gasteiger charge is -2.33. The Morgan fingerprint density at radius 1 is 1.33 bits per heavy atom. The Labute approximate surface area is 159 Å². The summed E-state index contributed by atoms with van der Waals surface area (Å²) < 4.78 is 5.20. The Morgan fingerprint density at radius 3 is 2.93 bits per heavy atom. The highest BCUT2D eigenvalue weighted by molar-refractivity contribution is 5.73. The van der Waals surface area contributed by atoms with Crippen molar-refractivity contribution in [2.24, 2.45) is 5.92 Å². The highest BCUT2D eigenvalue weighted by atomic mass is 16.5. The van der Waals surface area contributed by atoms with E-state index in [4.69, 9.17) is 4.74 Å². The van der Waals surface area contributed by atoms with E-state index in [1.807, 2.05) is 12.1 Å². The first-order chi connectivity index (χ1) is 13.2. The van der Waals surface area contributed by atoms with Gasteiger partial charge in [-0.15, -0.1) is 0 Å². The van der Waals surface area contributed by atoms with Gasteiger partial charge >= 0.3 is 6.03 Å². The summed E-state index contributed by atoms with van der Waals surface area (Å²) in [5.74, 6) is 1.88. The minimum absolute atomic E-state index is 0.104. The smallest absolute Gasteiger partial charge is 0.317 e. The largest absolute Gasteiger partial charge is 0.497 e. The van der Waals surface area contributed by atoms with Crippen LogP contribution in [0.15, 0.2) is 36.8 Å². The molecule has 2 aromatic rings. The highest BCUT2D eigenvalue weighted by Crippen LogP contribution is 2.19. The standard InChI is InChI=1S/C19H26N6O2/c1-24(14-16-11-17(27-2)6-9-20-16)19(26)23-12-15-5-3-10-25(13-15)18-21-7-4-8-22-18/h4,6-9,11,15H,3,5,10,12-14H2,1-2H3,(H,23,26). The van der Waals surface area contributed by atoms with Crippen molar-refractivity contribution in [3.8, 4) is 5.75 Å². The van der Waals surface area contributed by atoms with Crippen LogP contribution < -0.4 is 15.0 Å². The maximum atomic E-state index is 12.4. The Hall–Kier alpha value is -2.90. The van der Waals surface area contributed by atoms with Crippen molar-refractivity contribution in [3.63, 3.8) is 0 Å². The van der Waals surface area contributed by atoms with Gasteiger partial charge in [0.1, 0.15) is 5.75 Å². The summed E-state index contributed by atoms with van der Waals surface area (Å²) in [6, 6.07) is 5.34. The molecule has 1 fully saturated rings. The number of aromatic nitrogens is 3. The van der Waals surface area contributed by atoms with Crippen LogP contribution in [0.2, 0.25) is 0 Å². The fourth-order valence-corrected chi connectivity index (χ4v) is 3.22. The summed E-state index contributed by atoms with van der Waals surface area (Å²) in [5, 5.41) is 3.03. The molecule has 0 aliphatic carbocycles. The van der Waals surface area contributed by atoms with Crippen molar-refractivity contribution >= 4 is 12.0 Å². The molecule has 0 spiro atoms. The van der Waals surface area contributed by atoms with Crippen LogP contribution in [-0.2, 0) is 6.54 Å². The summed E-state index contributed by atoms with van der Waals surface area (Å²) in [6.45, 7) is 2.87. The first-order valence-corrected chi connectivity index (χ1v) is 9.15. The molecule has 1 N–H and O–H groups in total. The van der Waals surface area contributed by atoms with Gasteiger partial charge in [0.05, 0.1) is 19.3 Å². The third-order valence-corrected chi connectivity index (χ3v) is 4.67. The number of hydrogen-bond donors (Lipinski definition) is 1. The number of carbonyl (C=O) groups excluding carboxylic acids is 1. The number of pyridine rings is 1. The van der Waals surface area contributed by atoms with E-state index in [2.05, 4.69) is 25.2 Å². The monoisotopic (exact) mass is 370 g/mol. The minimum atomic E-state index is -0.104. The minimum Gasteiger partial charge on any atom is -0.497 e. The highest BCUT2D eigenvalue weighted by Gasteiger charge is 2.22. The van der Waals surface area contributed by atoms with Gasteiger partial charge in [0, 0.05) is 51.3 Å². The molecule has 1 aliphatic heterocycles. The second-order valence-corrected chi connectivity index (χ2v) is 6.73. The summed E-state index contributed by atoms with van der Waals surface area (Å²) in [7, 11) is 3.38. The molecule has 2 aromatic heterocycles. The number of ether oxygens (including phenoxy) is 1. The predicted molar refractivity (Wildman–Crippen MR) is 103 cm³/mol. The molecule has 8 heteroatoms. The van der Waals surface area contributed by atoms with Crippen molar-refractivity contribution in [2.75, 3.05) is 38.7 Å². The molecule has 8 nitrogen and oxygen atoms in total. The number of anilines is 1. The van der Waals surface area contributed by atoms with Gasteiger partial charge in [-0.05, 0) is 30.9 Å². The number of urea groups is 1. The van der Waals surface area contributed by atoms with E-state index in [9.17, 15) is 4.79 Å². The van der Waals surface area contributed by atoms with Gasteiger partial charge in [0.25, 0.3) is 0 Å². The molecule has 1 aliphatic rings. The lowest BCUT2D eigenvalue weighted by molar-refractivity contribution is 0.203. The van der Waals surface area contributed by atoms with Crippen molar-refractivity contribution in [1.29, 1.82) is 0 Å². The zero-order valence-electron chi connectivity index (χ0n) is 15.8. The van der Waals surface area contributed by atoms with Gasteiger partial charge in [0.15, 0.2) is 0 Å². The van der Waals surface area contributed by atoms with Crippen molar-refractivity contribution in [2.45, 2.75) is 19.4 Å². The van der Waals surface area contributed by atoms with Gasteiger partial charge in [-0.25, -0.2) is 14.8 Å². The molecular weight excluding hydrogens is 344 g/mol. The maximum Gasteiger partial charge on any atom is 0.317 e. The van der Waals surface area contributed by atoms with Gasteiger partial charge in [-0.1, -0.05) is 0 Å². The molecule has 144 valence electrons. The van der Waals surface area contributed by atoms with Gasteiger partial charge in [0.2, 0.25) is 5.95 Å². The SMILES string of the molecule is COc1ccnc(CN(C)C(=O)NCC2CCCN(c3ncccn3)C2)c1. The summed E-state index contributed by atoms with van der Waals surface area (Å²) in [6.07, 6.45) is 7.36. The molecule has 0 saturated carbocycles. The zero-order chi connectivity index (χ0) is 19.1. The van der Waals surface area contributed by atoms with E-state index in [1.165, 1.54) is 0 Å². The molecule has 1 saturated heterocycles. The molecule has 1 unspecified atom stereocenters. The summed E-state index contributed by atoms with van der Waals surface area (Å²) in [5.41, 5.74) is 0.789. The Balaban J connectivity index is 1.47. The van der Waals surface area contributed by atoms with Crippen LogP contribution in [0.1, 0.15) is 18.5 Å². The van der Waals surface area contributed by atoms with Gasteiger partial charge < -0.3 is 19.9 Å². The fraction of sp³-hybridized carbons (Fsp3) is 0.474. The number of piperidine rings is 1. The van der Waals surface area contributed by atoms with E-state index in [0.717, 1.165) is 43.3 Å². The summed E-state index contributed by atoms with van der Waals surface area (Å²) >= 11 is 0. The maximum absolute atomic E-state index is 12.4. The second-order valence-electron chi connectivity index (χ2n) is 6.73. The molecule has 0 aromatic carbocycles. The first kappa shape index (κ1) is 18.9. The molecule has 3 heterocycles. The zero-order valence-corrected chi connectivity index (χ0v) is 15.8. The van der Waals surface area contributed by atoms with Crippen LogP contribution in [0, 0.1) is 5.92 Å². The Bertz CT molecular complexity index is 742. The Kier molecular flexibility index (Phi) is 6.40. The number of nitrogens with one attached hydrogen (secondary N) is 1. The molecule has 2 amide bonds. The van der Waals surface area contributed by atoms with E-state index in [-0.39, 0.29) is 6.03 Å². The molecule has 0 radical (unpaired) electrons. The third kappa shape index (κ3) is 5.29. The van der Waals surface area contributed by atoms with Crippen LogP contribution >= 0.6 is 0 Å². The molecular formula is C19H26N6O2. The lowest BCUT2D eigenvalue weighted by Crippen LogP contribution is -2.44. The van der Waals surface area contributed by atoms with Gasteiger partial charge in [-0.3, -0.25) is 4.98 Å². The van der Waals surface area contributed by atoms with E-state index in [0.29, 0.717) is 19.0 Å². The normalized spacial score (nSPS) is 16.7. The van der Waals surface area contributed by atoms with Gasteiger partial charge in [-0.2, -0.15) is 0 Å². The van der Waals surface area contributed by atoms with Crippen molar-refractivity contribution in [1.82, 2.24) is 25.2 Å². The number of hydrogen-bond acceptors (Lipinski definition) is 6. The number of methoxy groups -OCH3 is 1. The lowest BCUT2D eigenvalue weighted by atomic mass is 9.98. The third-order valence-electron chi connectivity index (χ3n) is 4.67. The predicted octanol–water partition coefficient (Wildman–Crippen LogP) is 1.94. The molecule has 3 rings (SSSR count). The fourth-order valence-electron chi connectivity index (χ4n) is 3.22. The summed E-state index contributed by atoms with van der Waals surface area (Å²) in [4.78, 5) is 29.2. The van der Waals surface area contributed by atoms with E-state index < -0.39 is 0 Å². The van der Waals surface area contributed by atoms with Crippen LogP contribution in [0.4, 0.5) is 10.7 Å². The number of carbonyl (C=O) groups is 1. The average Bonchev–Trinajstić information content (AvgIpc) is 2.73. The van der Waals surface area contributed by atoms with Crippen molar-refractivity contribution < 1.29 is 9.53 Å². The number of amides is 2. The van der Waals surface area contributed by atoms with Crippen LogP contribution in [0.25, 0.3) is 0 Å². The first-order valence-electron chi connectivity index (χ1n) is 9.15. The van der Waals surface area contributed by atoms with Crippen LogP contribution in [-0.4, -0.2) is 59.7 Å². The molecule has 27 heavy (non-hydrogen) atoms. The van der Waals surface area contributed by atoms with Crippen molar-refractivity contribution in [3.05, 3.63) is 42.5 Å². The van der Waals surface area contributed by atoms with Crippen LogP contribution in [0.5, 0.6) is 5.75 Å². The molecule has 0 bridgehead atoms. The number of rotatable bonds is 6. The topological polar surface area (TPSA) is 83.5 Å². The Morgan fingerprint density at radius 2 is 2.15 bits per heavy atom. The quantitative estimate of drug-likeness (QED) is 0.837. The van der Waals surface area contributed by atoms with E-state index >= 15 is 0 Å². The van der Waals surface area contributed by atoms with E-state index in [1.54, 1.807) is 43.7 Å².